The first-order chi connectivity index (χ1) is 7.13. The summed E-state index contributed by atoms with van der Waals surface area (Å²) in [6.45, 7) is 11.5. The molecule has 1 saturated heterocycles. The molecule has 0 unspecified atom stereocenters. The van der Waals surface area contributed by atoms with Crippen molar-refractivity contribution in [1.29, 1.82) is 0 Å². The molecule has 0 aromatic heterocycles. The highest BCUT2D eigenvalue weighted by molar-refractivity contribution is 5.80. The molecule has 0 amide bonds. The lowest BCUT2D eigenvalue weighted by atomic mass is 10.2. The Morgan fingerprint density at radius 3 is 2.27 bits per heavy atom. The van der Waals surface area contributed by atoms with Gasteiger partial charge in [0.25, 0.3) is 0 Å². The predicted molar refractivity (Wildman–Crippen MR) is 63.1 cm³/mol. The van der Waals surface area contributed by atoms with Gasteiger partial charge in [-0.2, -0.15) is 0 Å². The zero-order valence-corrected chi connectivity index (χ0v) is 10.3. The molecule has 0 aromatic carbocycles. The number of ketones is 1. The molecule has 1 aliphatic heterocycles. The second-order valence-corrected chi connectivity index (χ2v) is 4.69. The van der Waals surface area contributed by atoms with Crippen LogP contribution in [-0.4, -0.2) is 54.3 Å². The van der Waals surface area contributed by atoms with Crippen molar-refractivity contribution < 1.29 is 4.79 Å². The van der Waals surface area contributed by atoms with E-state index in [2.05, 4.69) is 30.6 Å². The largest absolute Gasteiger partial charge is 0.298 e. The normalized spacial score (nSPS) is 19.7. The van der Waals surface area contributed by atoms with Crippen molar-refractivity contribution in [3.05, 3.63) is 0 Å². The van der Waals surface area contributed by atoms with Crippen molar-refractivity contribution >= 4 is 5.78 Å². The van der Waals surface area contributed by atoms with Crippen LogP contribution < -0.4 is 0 Å². The summed E-state index contributed by atoms with van der Waals surface area (Å²) in [6.07, 6.45) is 1.72. The van der Waals surface area contributed by atoms with Crippen molar-refractivity contribution in [3.8, 4) is 0 Å². The lowest BCUT2D eigenvalue weighted by Crippen LogP contribution is -2.49. The standard InChI is InChI=1S/C12H24N2O/c1-4-5-12(15)10-13-6-8-14(9-7-13)11(2)3/h11H,4-10H2,1-3H3. The van der Waals surface area contributed by atoms with Gasteiger partial charge in [0.15, 0.2) is 0 Å². The van der Waals surface area contributed by atoms with E-state index in [1.165, 1.54) is 0 Å². The minimum Gasteiger partial charge on any atom is -0.298 e. The van der Waals surface area contributed by atoms with E-state index in [0.717, 1.165) is 39.0 Å². The van der Waals surface area contributed by atoms with Gasteiger partial charge in [-0.05, 0) is 20.3 Å². The number of piperazine rings is 1. The van der Waals surface area contributed by atoms with E-state index in [1.807, 2.05) is 0 Å². The van der Waals surface area contributed by atoms with Gasteiger partial charge in [-0.25, -0.2) is 0 Å². The van der Waals surface area contributed by atoms with Crippen molar-refractivity contribution in [2.24, 2.45) is 0 Å². The van der Waals surface area contributed by atoms with Crippen LogP contribution in [0, 0.1) is 0 Å². The minimum atomic E-state index is 0.399. The van der Waals surface area contributed by atoms with Crippen LogP contribution in [-0.2, 0) is 4.79 Å². The van der Waals surface area contributed by atoms with Crippen LogP contribution >= 0.6 is 0 Å². The Labute approximate surface area is 93.4 Å². The first kappa shape index (κ1) is 12.7. The Kier molecular flexibility index (Phi) is 5.26. The Morgan fingerprint density at radius 2 is 1.80 bits per heavy atom. The van der Waals surface area contributed by atoms with Gasteiger partial charge >= 0.3 is 0 Å². The minimum absolute atomic E-state index is 0.399. The van der Waals surface area contributed by atoms with Crippen LogP contribution in [0.25, 0.3) is 0 Å². The van der Waals surface area contributed by atoms with Crippen molar-refractivity contribution in [2.75, 3.05) is 32.7 Å². The van der Waals surface area contributed by atoms with E-state index < -0.39 is 0 Å². The summed E-state index contributed by atoms with van der Waals surface area (Å²) >= 11 is 0. The van der Waals surface area contributed by atoms with Crippen LogP contribution in [0.4, 0.5) is 0 Å². The number of Topliss-reactive ketones (excluding diaryl/α,β-unsaturated/α-hetero) is 1. The number of hydrogen-bond donors (Lipinski definition) is 0. The molecule has 0 spiro atoms. The molecule has 1 rings (SSSR count). The molecule has 1 heterocycles. The summed E-state index contributed by atoms with van der Waals surface area (Å²) in [7, 11) is 0. The SMILES string of the molecule is CCCC(=O)CN1CCN(C(C)C)CC1. The van der Waals surface area contributed by atoms with E-state index in [-0.39, 0.29) is 0 Å². The van der Waals surface area contributed by atoms with Crippen LogP contribution in [0.5, 0.6) is 0 Å². The smallest absolute Gasteiger partial charge is 0.146 e. The Bertz CT molecular complexity index is 196. The zero-order valence-electron chi connectivity index (χ0n) is 10.3. The third kappa shape index (κ3) is 4.31. The average molecular weight is 212 g/mol. The first-order valence-corrected chi connectivity index (χ1v) is 6.11. The fourth-order valence-corrected chi connectivity index (χ4v) is 2.05. The maximum absolute atomic E-state index is 11.5. The highest BCUT2D eigenvalue weighted by Crippen LogP contribution is 2.06. The number of carbonyl (C=O) groups excluding carboxylic acids is 1. The Morgan fingerprint density at radius 1 is 1.20 bits per heavy atom. The maximum atomic E-state index is 11.5. The van der Waals surface area contributed by atoms with Gasteiger partial charge in [0, 0.05) is 38.6 Å². The van der Waals surface area contributed by atoms with Gasteiger partial charge in [-0.1, -0.05) is 6.92 Å². The molecular weight excluding hydrogens is 188 g/mol. The number of rotatable bonds is 5. The number of nitrogens with zero attached hydrogens (tertiary/aromatic N) is 2. The number of hydrogen-bond acceptors (Lipinski definition) is 3. The van der Waals surface area contributed by atoms with Crippen LogP contribution in [0.15, 0.2) is 0 Å². The Hall–Kier alpha value is -0.410. The second kappa shape index (κ2) is 6.23. The fourth-order valence-electron chi connectivity index (χ4n) is 2.05. The molecule has 88 valence electrons. The number of carbonyl (C=O) groups is 1. The van der Waals surface area contributed by atoms with E-state index in [9.17, 15) is 4.79 Å². The van der Waals surface area contributed by atoms with Gasteiger partial charge in [0.05, 0.1) is 6.54 Å². The molecule has 0 aromatic rings. The second-order valence-electron chi connectivity index (χ2n) is 4.69. The summed E-state index contributed by atoms with van der Waals surface area (Å²) in [6, 6.07) is 0.637. The summed E-state index contributed by atoms with van der Waals surface area (Å²) in [4.78, 5) is 16.2. The maximum Gasteiger partial charge on any atom is 0.146 e. The predicted octanol–water partition coefficient (Wildman–Crippen LogP) is 1.38. The van der Waals surface area contributed by atoms with Crippen molar-refractivity contribution in [1.82, 2.24) is 9.80 Å². The molecule has 3 nitrogen and oxygen atoms in total. The lowest BCUT2D eigenvalue weighted by Gasteiger charge is -2.36. The fraction of sp³-hybridized carbons (Fsp3) is 0.917. The van der Waals surface area contributed by atoms with Gasteiger partial charge in [0.2, 0.25) is 0 Å². The lowest BCUT2D eigenvalue weighted by molar-refractivity contribution is -0.120. The molecule has 0 bridgehead atoms. The molecular formula is C12H24N2O. The molecule has 0 atom stereocenters. The zero-order chi connectivity index (χ0) is 11.3. The highest BCUT2D eigenvalue weighted by Gasteiger charge is 2.19. The van der Waals surface area contributed by atoms with Crippen molar-refractivity contribution in [3.63, 3.8) is 0 Å². The molecule has 0 N–H and O–H groups in total. The van der Waals surface area contributed by atoms with Crippen LogP contribution in [0.2, 0.25) is 0 Å². The Balaban J connectivity index is 2.22. The summed E-state index contributed by atoms with van der Waals surface area (Å²) in [5, 5.41) is 0. The van der Waals surface area contributed by atoms with Gasteiger partial charge < -0.3 is 0 Å². The summed E-state index contributed by atoms with van der Waals surface area (Å²) < 4.78 is 0. The monoisotopic (exact) mass is 212 g/mol. The molecule has 15 heavy (non-hydrogen) atoms. The topological polar surface area (TPSA) is 23.6 Å². The third-order valence-electron chi connectivity index (χ3n) is 3.07. The van der Waals surface area contributed by atoms with Crippen molar-refractivity contribution in [2.45, 2.75) is 39.7 Å². The molecule has 3 heteroatoms. The molecule has 1 fully saturated rings. The molecule has 0 saturated carbocycles. The van der Waals surface area contributed by atoms with E-state index >= 15 is 0 Å². The molecule has 0 radical (unpaired) electrons. The molecule has 1 aliphatic rings. The summed E-state index contributed by atoms with van der Waals surface area (Å²) in [5.41, 5.74) is 0. The van der Waals surface area contributed by atoms with Crippen LogP contribution in [0.3, 0.4) is 0 Å². The van der Waals surface area contributed by atoms with E-state index in [4.69, 9.17) is 0 Å². The third-order valence-corrected chi connectivity index (χ3v) is 3.07. The first-order valence-electron chi connectivity index (χ1n) is 6.11. The van der Waals surface area contributed by atoms with Crippen LogP contribution in [0.1, 0.15) is 33.6 Å². The summed E-state index contributed by atoms with van der Waals surface area (Å²) in [5.74, 6) is 0.399. The average Bonchev–Trinajstić information content (AvgIpc) is 2.18. The quantitative estimate of drug-likeness (QED) is 0.688. The van der Waals surface area contributed by atoms with Gasteiger partial charge in [-0.3, -0.25) is 14.6 Å². The van der Waals surface area contributed by atoms with Gasteiger partial charge in [-0.15, -0.1) is 0 Å². The van der Waals surface area contributed by atoms with E-state index in [1.54, 1.807) is 0 Å². The van der Waals surface area contributed by atoms with Gasteiger partial charge in [0.1, 0.15) is 5.78 Å². The van der Waals surface area contributed by atoms with E-state index in [0.29, 0.717) is 18.4 Å². The molecule has 0 aliphatic carbocycles. The highest BCUT2D eigenvalue weighted by atomic mass is 16.1.